The second-order valence-corrected chi connectivity index (χ2v) is 2.96. The Labute approximate surface area is 76.9 Å². The molecule has 0 saturated carbocycles. The van der Waals surface area contributed by atoms with Crippen LogP contribution in [0, 0.1) is 17.0 Å². The first kappa shape index (κ1) is 9.45. The number of aryl methyl sites for hydroxylation is 1. The zero-order valence-electron chi connectivity index (χ0n) is 7.65. The molecule has 3 heteroatoms. The van der Waals surface area contributed by atoms with Crippen molar-refractivity contribution in [1.82, 2.24) is 0 Å². The summed E-state index contributed by atoms with van der Waals surface area (Å²) in [5, 5.41) is 10.3. The van der Waals surface area contributed by atoms with E-state index in [1.807, 2.05) is 31.2 Å². The van der Waals surface area contributed by atoms with Crippen LogP contribution in [0.5, 0.6) is 0 Å². The lowest BCUT2D eigenvalue weighted by atomic mass is 10.1. The summed E-state index contributed by atoms with van der Waals surface area (Å²) in [6.45, 7) is 3.45. The van der Waals surface area contributed by atoms with Gasteiger partial charge in [-0.05, 0) is 12.5 Å². The van der Waals surface area contributed by atoms with Gasteiger partial charge in [-0.2, -0.15) is 0 Å². The van der Waals surface area contributed by atoms with E-state index >= 15 is 0 Å². The van der Waals surface area contributed by atoms with Gasteiger partial charge < -0.3 is 0 Å². The number of rotatable bonds is 2. The highest BCUT2D eigenvalue weighted by Gasteiger charge is 2.01. The second-order valence-electron chi connectivity index (χ2n) is 2.96. The second kappa shape index (κ2) is 3.85. The highest BCUT2D eigenvalue weighted by atomic mass is 16.6. The van der Waals surface area contributed by atoms with Crippen LogP contribution in [0.2, 0.25) is 0 Å². The molecule has 0 heterocycles. The molecule has 1 aromatic carbocycles. The number of allylic oxidation sites excluding steroid dienone is 1. The summed E-state index contributed by atoms with van der Waals surface area (Å²) < 4.78 is 0. The fraction of sp³-hybridized carbons (Fsp3) is 0.200. The Balaban J connectivity index is 2.97. The third-order valence-corrected chi connectivity index (χ3v) is 1.71. The quantitative estimate of drug-likeness (QED) is 0.514. The largest absolute Gasteiger partial charge is 0.259 e. The van der Waals surface area contributed by atoms with E-state index in [9.17, 15) is 10.1 Å². The van der Waals surface area contributed by atoms with Gasteiger partial charge in [0.15, 0.2) is 0 Å². The maximum Gasteiger partial charge on any atom is 0.243 e. The minimum atomic E-state index is -0.387. The van der Waals surface area contributed by atoms with Gasteiger partial charge >= 0.3 is 0 Å². The van der Waals surface area contributed by atoms with Crippen molar-refractivity contribution in [2.24, 2.45) is 0 Å². The van der Waals surface area contributed by atoms with E-state index in [1.54, 1.807) is 6.08 Å². The molecule has 0 unspecified atom stereocenters. The first-order valence-corrected chi connectivity index (χ1v) is 3.99. The molecule has 13 heavy (non-hydrogen) atoms. The Bertz CT molecular complexity index is 356. The molecule has 68 valence electrons. The maximum absolute atomic E-state index is 10.3. The lowest BCUT2D eigenvalue weighted by molar-refractivity contribution is -0.422. The average Bonchev–Trinajstić information content (AvgIpc) is 2.04. The molecule has 0 aliphatic rings. The Morgan fingerprint density at radius 2 is 2.23 bits per heavy atom. The van der Waals surface area contributed by atoms with E-state index in [1.165, 1.54) is 6.92 Å². The number of hydrogen-bond acceptors (Lipinski definition) is 2. The molecule has 0 spiro atoms. The van der Waals surface area contributed by atoms with Crippen LogP contribution >= 0.6 is 0 Å². The molecular weight excluding hydrogens is 166 g/mol. The first-order chi connectivity index (χ1) is 6.09. The number of nitrogens with zero attached hydrogens (tertiary/aromatic N) is 1. The predicted octanol–water partition coefficient (Wildman–Crippen LogP) is 2.63. The molecule has 1 aromatic rings. The molecule has 0 N–H and O–H groups in total. The third kappa shape index (κ3) is 2.71. The molecule has 0 amide bonds. The van der Waals surface area contributed by atoms with Gasteiger partial charge in [-0.15, -0.1) is 0 Å². The van der Waals surface area contributed by atoms with Gasteiger partial charge in [-0.25, -0.2) is 0 Å². The predicted molar refractivity (Wildman–Crippen MR) is 51.8 cm³/mol. The molecular formula is C10H11NO2. The normalized spacial score (nSPS) is 11.4. The van der Waals surface area contributed by atoms with Crippen molar-refractivity contribution in [2.45, 2.75) is 13.8 Å². The highest BCUT2D eigenvalue weighted by molar-refractivity contribution is 5.51. The maximum atomic E-state index is 10.3. The summed E-state index contributed by atoms with van der Waals surface area (Å²) in [4.78, 5) is 9.94. The minimum absolute atomic E-state index is 0.158. The summed E-state index contributed by atoms with van der Waals surface area (Å²) in [5.74, 6) is 0. The Kier molecular flexibility index (Phi) is 2.80. The van der Waals surface area contributed by atoms with Crippen LogP contribution in [0.1, 0.15) is 18.1 Å². The molecule has 0 aliphatic carbocycles. The highest BCUT2D eigenvalue weighted by Crippen LogP contribution is 2.08. The molecule has 0 bridgehead atoms. The van der Waals surface area contributed by atoms with Crippen molar-refractivity contribution in [1.29, 1.82) is 0 Å². The van der Waals surface area contributed by atoms with Crippen molar-refractivity contribution < 1.29 is 4.92 Å². The van der Waals surface area contributed by atoms with E-state index in [-0.39, 0.29) is 10.6 Å². The summed E-state index contributed by atoms with van der Waals surface area (Å²) in [6, 6.07) is 7.60. The molecule has 0 saturated heterocycles. The Morgan fingerprint density at radius 3 is 2.77 bits per heavy atom. The van der Waals surface area contributed by atoms with E-state index < -0.39 is 0 Å². The van der Waals surface area contributed by atoms with Crippen LogP contribution in [-0.4, -0.2) is 4.92 Å². The molecule has 3 nitrogen and oxygen atoms in total. The van der Waals surface area contributed by atoms with E-state index in [0.717, 1.165) is 11.1 Å². The first-order valence-electron chi connectivity index (χ1n) is 3.99. The number of benzene rings is 1. The summed E-state index contributed by atoms with van der Waals surface area (Å²) >= 11 is 0. The van der Waals surface area contributed by atoms with Gasteiger partial charge in [-0.3, -0.25) is 10.1 Å². The van der Waals surface area contributed by atoms with Crippen LogP contribution in [0.3, 0.4) is 0 Å². The van der Waals surface area contributed by atoms with Gasteiger partial charge in [0.1, 0.15) is 0 Å². The van der Waals surface area contributed by atoms with Crippen molar-refractivity contribution in [2.75, 3.05) is 0 Å². The minimum Gasteiger partial charge on any atom is -0.259 e. The number of nitro groups is 1. The van der Waals surface area contributed by atoms with Gasteiger partial charge in [-0.1, -0.05) is 29.8 Å². The van der Waals surface area contributed by atoms with Crippen LogP contribution in [0.4, 0.5) is 0 Å². The summed E-state index contributed by atoms with van der Waals surface area (Å²) in [5.41, 5.74) is 2.13. The molecule has 0 aliphatic heterocycles. The fourth-order valence-electron chi connectivity index (χ4n) is 1.05. The Hall–Kier alpha value is -1.64. The van der Waals surface area contributed by atoms with E-state index in [4.69, 9.17) is 0 Å². The summed E-state index contributed by atoms with van der Waals surface area (Å²) in [6.07, 6.45) is 1.56. The molecule has 1 rings (SSSR count). The zero-order valence-corrected chi connectivity index (χ0v) is 7.65. The smallest absolute Gasteiger partial charge is 0.243 e. The lowest BCUT2D eigenvalue weighted by Gasteiger charge is -1.95. The van der Waals surface area contributed by atoms with Gasteiger partial charge in [0, 0.05) is 13.0 Å². The molecule has 0 fully saturated rings. The van der Waals surface area contributed by atoms with Crippen LogP contribution in [0.25, 0.3) is 6.08 Å². The lowest BCUT2D eigenvalue weighted by Crippen LogP contribution is -1.92. The van der Waals surface area contributed by atoms with Gasteiger partial charge in [0.05, 0.1) is 4.92 Å². The fourth-order valence-corrected chi connectivity index (χ4v) is 1.05. The van der Waals surface area contributed by atoms with Crippen LogP contribution < -0.4 is 0 Å². The van der Waals surface area contributed by atoms with Crippen molar-refractivity contribution in [3.63, 3.8) is 0 Å². The van der Waals surface area contributed by atoms with Crippen LogP contribution in [-0.2, 0) is 0 Å². The Morgan fingerprint density at radius 1 is 1.54 bits per heavy atom. The van der Waals surface area contributed by atoms with E-state index in [2.05, 4.69) is 0 Å². The van der Waals surface area contributed by atoms with Crippen molar-refractivity contribution in [3.05, 3.63) is 51.2 Å². The topological polar surface area (TPSA) is 43.1 Å². The van der Waals surface area contributed by atoms with Crippen molar-refractivity contribution in [3.8, 4) is 0 Å². The van der Waals surface area contributed by atoms with Crippen LogP contribution in [0.15, 0.2) is 30.0 Å². The summed E-state index contributed by atoms with van der Waals surface area (Å²) in [7, 11) is 0. The average molecular weight is 177 g/mol. The van der Waals surface area contributed by atoms with E-state index in [0.29, 0.717) is 0 Å². The third-order valence-electron chi connectivity index (χ3n) is 1.71. The van der Waals surface area contributed by atoms with Gasteiger partial charge in [0.2, 0.25) is 5.70 Å². The molecule has 0 aromatic heterocycles. The molecule has 0 atom stereocenters. The molecule has 0 radical (unpaired) electrons. The standard InChI is InChI=1S/C10H11NO2/c1-8-4-3-5-10(6-8)7-9(2)11(12)13/h3-7H,1-2H3/b9-7-. The number of hydrogen-bond donors (Lipinski definition) is 0. The van der Waals surface area contributed by atoms with Crippen molar-refractivity contribution >= 4 is 6.08 Å². The zero-order chi connectivity index (χ0) is 9.84. The van der Waals surface area contributed by atoms with Gasteiger partial charge in [0.25, 0.3) is 0 Å². The SMILES string of the molecule is C/C(=C/c1cccc(C)c1)[N+](=O)[O-]. The monoisotopic (exact) mass is 177 g/mol.